The summed E-state index contributed by atoms with van der Waals surface area (Å²) in [5, 5.41) is 11.6. The van der Waals surface area contributed by atoms with E-state index in [-0.39, 0.29) is 16.5 Å². The average Bonchev–Trinajstić information content (AvgIpc) is 3.33. The summed E-state index contributed by atoms with van der Waals surface area (Å²) in [5.74, 6) is -2.19. The quantitative estimate of drug-likeness (QED) is 0.226. The van der Waals surface area contributed by atoms with Crippen LogP contribution in [0.2, 0.25) is 0 Å². The molecule has 3 aromatic carbocycles. The molecule has 34 heavy (non-hydrogen) atoms. The number of amides is 1. The highest BCUT2D eigenvalue weighted by Crippen LogP contribution is 2.44. The van der Waals surface area contributed by atoms with Crippen LogP contribution >= 0.6 is 11.3 Å². The molecule has 1 N–H and O–H groups in total. The Bertz CT molecular complexity index is 1500. The molecule has 1 aromatic heterocycles. The summed E-state index contributed by atoms with van der Waals surface area (Å²) in [6.45, 7) is 5.68. The minimum absolute atomic E-state index is 0.00740. The van der Waals surface area contributed by atoms with Gasteiger partial charge in [-0.1, -0.05) is 58.9 Å². The molecule has 1 fully saturated rings. The zero-order chi connectivity index (χ0) is 24.1. The van der Waals surface area contributed by atoms with E-state index in [4.69, 9.17) is 0 Å². The number of ketones is 1. The minimum Gasteiger partial charge on any atom is -0.507 e. The highest BCUT2D eigenvalue weighted by molar-refractivity contribution is 7.22. The van der Waals surface area contributed by atoms with Gasteiger partial charge in [-0.25, -0.2) is 9.37 Å². The second-order valence-corrected chi connectivity index (χ2v) is 9.52. The van der Waals surface area contributed by atoms with Crippen molar-refractivity contribution in [1.29, 1.82) is 0 Å². The maximum Gasteiger partial charge on any atom is 0.301 e. The van der Waals surface area contributed by atoms with Gasteiger partial charge in [-0.3, -0.25) is 14.5 Å². The molecule has 4 aromatic rings. The van der Waals surface area contributed by atoms with Gasteiger partial charge in [0.2, 0.25) is 0 Å². The van der Waals surface area contributed by atoms with Gasteiger partial charge in [-0.2, -0.15) is 0 Å². The molecule has 1 aliphatic rings. The molecule has 1 aliphatic heterocycles. The maximum atomic E-state index is 13.8. The predicted molar refractivity (Wildman–Crippen MR) is 131 cm³/mol. The fourth-order valence-corrected chi connectivity index (χ4v) is 5.24. The van der Waals surface area contributed by atoms with Crippen molar-refractivity contribution in [3.8, 4) is 0 Å². The van der Waals surface area contributed by atoms with E-state index in [9.17, 15) is 19.1 Å². The van der Waals surface area contributed by atoms with Gasteiger partial charge in [0, 0.05) is 5.56 Å². The molecule has 7 heteroatoms. The number of fused-ring (bicyclic) bond motifs is 1. The lowest BCUT2D eigenvalue weighted by Crippen LogP contribution is -2.29. The number of carbonyl (C=O) groups excluding carboxylic acids is 2. The van der Waals surface area contributed by atoms with E-state index in [1.807, 2.05) is 57.2 Å². The number of aromatic nitrogens is 1. The molecule has 2 heterocycles. The molecule has 0 spiro atoms. The van der Waals surface area contributed by atoms with E-state index in [0.29, 0.717) is 21.3 Å². The lowest BCUT2D eigenvalue weighted by molar-refractivity contribution is -0.132. The Morgan fingerprint density at radius 1 is 0.971 bits per heavy atom. The van der Waals surface area contributed by atoms with Crippen LogP contribution in [-0.4, -0.2) is 21.8 Å². The van der Waals surface area contributed by atoms with Gasteiger partial charge in [0.05, 0.1) is 21.8 Å². The lowest BCUT2D eigenvalue weighted by atomic mass is 9.93. The largest absolute Gasteiger partial charge is 0.507 e. The van der Waals surface area contributed by atoms with E-state index >= 15 is 0 Å². The second kappa shape index (κ2) is 8.18. The number of rotatable bonds is 3. The SMILES string of the molecule is Cc1ccc(C2/C(=C(\O)c3cc(C)ccc3C)C(=O)C(=O)N2c2nc3ccc(F)cc3s2)cc1. The third-order valence-corrected chi connectivity index (χ3v) is 7.05. The van der Waals surface area contributed by atoms with Gasteiger partial charge in [0.25, 0.3) is 5.78 Å². The third-order valence-electron chi connectivity index (χ3n) is 6.03. The Labute approximate surface area is 199 Å². The molecule has 0 aliphatic carbocycles. The van der Waals surface area contributed by atoms with Crippen molar-refractivity contribution >= 4 is 44.1 Å². The second-order valence-electron chi connectivity index (χ2n) is 8.51. The first-order valence-electron chi connectivity index (χ1n) is 10.8. The van der Waals surface area contributed by atoms with Gasteiger partial charge in [-0.05, 0) is 56.2 Å². The van der Waals surface area contributed by atoms with Gasteiger partial charge >= 0.3 is 5.91 Å². The predicted octanol–water partition coefficient (Wildman–Crippen LogP) is 5.99. The van der Waals surface area contributed by atoms with Crippen LogP contribution in [0.5, 0.6) is 0 Å². The number of aryl methyl sites for hydroxylation is 3. The topological polar surface area (TPSA) is 70.5 Å². The highest BCUT2D eigenvalue weighted by atomic mass is 32.1. The van der Waals surface area contributed by atoms with Crippen LogP contribution in [0.3, 0.4) is 0 Å². The van der Waals surface area contributed by atoms with Crippen LogP contribution in [0.1, 0.15) is 33.9 Å². The van der Waals surface area contributed by atoms with E-state index in [1.165, 1.54) is 23.1 Å². The van der Waals surface area contributed by atoms with Crippen LogP contribution in [0.15, 0.2) is 66.2 Å². The van der Waals surface area contributed by atoms with E-state index < -0.39 is 23.5 Å². The Kier molecular flexibility index (Phi) is 5.29. The number of Topliss-reactive ketones (excluding diaryl/α,β-unsaturated/α-hetero) is 1. The maximum absolute atomic E-state index is 13.8. The highest BCUT2D eigenvalue weighted by Gasteiger charge is 2.48. The zero-order valence-corrected chi connectivity index (χ0v) is 19.6. The molecule has 170 valence electrons. The first-order chi connectivity index (χ1) is 16.2. The molecule has 5 rings (SSSR count). The lowest BCUT2D eigenvalue weighted by Gasteiger charge is -2.23. The number of aliphatic hydroxyl groups is 1. The summed E-state index contributed by atoms with van der Waals surface area (Å²) in [5.41, 5.74) is 4.43. The number of carbonyl (C=O) groups is 2. The van der Waals surface area contributed by atoms with E-state index in [1.54, 1.807) is 6.07 Å². The van der Waals surface area contributed by atoms with Crippen molar-refractivity contribution in [2.75, 3.05) is 4.90 Å². The number of benzene rings is 3. The average molecular weight is 473 g/mol. The van der Waals surface area contributed by atoms with Crippen molar-refractivity contribution in [3.05, 3.63) is 99.9 Å². The van der Waals surface area contributed by atoms with Gasteiger partial charge in [0.15, 0.2) is 5.13 Å². The van der Waals surface area contributed by atoms with E-state index in [0.717, 1.165) is 28.0 Å². The van der Waals surface area contributed by atoms with Crippen molar-refractivity contribution in [1.82, 2.24) is 4.98 Å². The number of thiazole rings is 1. The van der Waals surface area contributed by atoms with Crippen LogP contribution < -0.4 is 4.90 Å². The molecule has 0 radical (unpaired) electrons. The molecule has 1 unspecified atom stereocenters. The Morgan fingerprint density at radius 3 is 2.41 bits per heavy atom. The number of hydrogen-bond donors (Lipinski definition) is 1. The Hall–Kier alpha value is -3.84. The molecule has 0 bridgehead atoms. The smallest absolute Gasteiger partial charge is 0.301 e. The summed E-state index contributed by atoms with van der Waals surface area (Å²) in [4.78, 5) is 32.5. The molecular formula is C27H21FN2O3S. The van der Waals surface area contributed by atoms with Gasteiger partial charge in [-0.15, -0.1) is 0 Å². The van der Waals surface area contributed by atoms with Crippen molar-refractivity contribution in [2.24, 2.45) is 0 Å². The number of anilines is 1. The van der Waals surface area contributed by atoms with Crippen molar-refractivity contribution in [2.45, 2.75) is 26.8 Å². The van der Waals surface area contributed by atoms with Crippen LogP contribution in [0, 0.1) is 26.6 Å². The Morgan fingerprint density at radius 2 is 1.68 bits per heavy atom. The molecule has 0 saturated carbocycles. The third kappa shape index (κ3) is 3.58. The van der Waals surface area contributed by atoms with Crippen LogP contribution in [0.4, 0.5) is 9.52 Å². The fourth-order valence-electron chi connectivity index (χ4n) is 4.22. The first-order valence-corrected chi connectivity index (χ1v) is 11.6. The normalized spacial score (nSPS) is 17.6. The molecule has 1 amide bonds. The fraction of sp³-hybridized carbons (Fsp3) is 0.148. The minimum atomic E-state index is -0.870. The summed E-state index contributed by atoms with van der Waals surface area (Å²) in [7, 11) is 0. The number of nitrogens with zero attached hydrogens (tertiary/aromatic N) is 2. The van der Waals surface area contributed by atoms with E-state index in [2.05, 4.69) is 4.98 Å². The van der Waals surface area contributed by atoms with Gasteiger partial charge < -0.3 is 5.11 Å². The summed E-state index contributed by atoms with van der Waals surface area (Å²) < 4.78 is 14.3. The molecule has 1 saturated heterocycles. The monoisotopic (exact) mass is 472 g/mol. The van der Waals surface area contributed by atoms with Crippen LogP contribution in [0.25, 0.3) is 16.0 Å². The summed E-state index contributed by atoms with van der Waals surface area (Å²) in [6, 6.07) is 16.4. The van der Waals surface area contributed by atoms with Crippen molar-refractivity contribution < 1.29 is 19.1 Å². The number of halogens is 1. The standard InChI is InChI=1S/C27H21FN2O3S/c1-14-5-8-17(9-6-14)23-22(24(31)19-12-15(2)4-7-16(19)3)25(32)26(33)30(23)27-29-20-11-10-18(28)13-21(20)34-27/h4-13,23,31H,1-3H3/b24-22+. The molecule has 5 nitrogen and oxygen atoms in total. The van der Waals surface area contributed by atoms with Gasteiger partial charge in [0.1, 0.15) is 11.6 Å². The Balaban J connectivity index is 1.76. The summed E-state index contributed by atoms with van der Waals surface area (Å²) >= 11 is 1.13. The number of hydrogen-bond acceptors (Lipinski definition) is 5. The molecule has 1 atom stereocenters. The van der Waals surface area contributed by atoms with Crippen molar-refractivity contribution in [3.63, 3.8) is 0 Å². The van der Waals surface area contributed by atoms with Crippen LogP contribution in [-0.2, 0) is 9.59 Å². The first kappa shape index (κ1) is 22.0. The summed E-state index contributed by atoms with van der Waals surface area (Å²) in [6.07, 6.45) is 0. The zero-order valence-electron chi connectivity index (χ0n) is 18.8. The number of aliphatic hydroxyl groups excluding tert-OH is 1. The molecular weight excluding hydrogens is 451 g/mol.